The molecule has 0 spiro atoms. The lowest BCUT2D eigenvalue weighted by atomic mass is 9.79. The van der Waals surface area contributed by atoms with E-state index in [9.17, 15) is 18.0 Å². The van der Waals surface area contributed by atoms with E-state index in [1.54, 1.807) is 11.3 Å². The van der Waals surface area contributed by atoms with Gasteiger partial charge in [-0.15, -0.1) is 11.3 Å². The van der Waals surface area contributed by atoms with E-state index in [1.165, 1.54) is 129 Å². The van der Waals surface area contributed by atoms with Crippen LogP contribution in [0.25, 0.3) is 0 Å². The predicted octanol–water partition coefficient (Wildman–Crippen LogP) is 10.4. The van der Waals surface area contributed by atoms with E-state index in [2.05, 4.69) is 60.3 Å². The van der Waals surface area contributed by atoms with E-state index in [4.69, 9.17) is 22.1 Å². The van der Waals surface area contributed by atoms with Crippen LogP contribution in [0.1, 0.15) is 115 Å². The molecule has 2 fully saturated rings. The smallest absolute Gasteiger partial charge is 0.397 e. The Balaban J connectivity index is 0.000000609. The number of aldehydes is 1. The van der Waals surface area contributed by atoms with E-state index in [0.717, 1.165) is 49.3 Å². The molecule has 1 amide bonds. The molecule has 2 saturated heterocycles. The van der Waals surface area contributed by atoms with Crippen molar-refractivity contribution in [2.45, 2.75) is 124 Å². The number of nitrogens with one attached hydrogen (secondary N) is 1. The number of thiophene rings is 1. The Morgan fingerprint density at radius 1 is 1.02 bits per heavy atom. The molecule has 0 radical (unpaired) electrons. The Kier molecular flexibility index (Phi) is 25.3. The number of alkyl halides is 3. The standard InChI is InChI=1S/C28H50N4OS.C8H7ClF3N.C3H8.C2H4O/c1-4-8-24(25-10-16-30(2)17-11-25)9-6-5-7-15-32-19-13-27(14-20-32)31(3)18-12-26-21-34-22-28(26)29-23-33;1-4-2-5(8(10,11)12)7(13)6(9)3-4;1-3-2;1-2-3/h21-25,27H,4-20H2,1-3H3,(H,29,33);2-3H,13H2,1H3;3H2,1-2H3;2H,1H3. The molecule has 1 aromatic carbocycles. The molecular weight excluding hydrogens is 719 g/mol. The molecule has 53 heavy (non-hydrogen) atoms. The zero-order chi connectivity index (χ0) is 39.8. The summed E-state index contributed by atoms with van der Waals surface area (Å²) in [6.45, 7) is 17.1. The maximum absolute atomic E-state index is 12.3. The first-order valence-corrected chi connectivity index (χ1v) is 21.0. The summed E-state index contributed by atoms with van der Waals surface area (Å²) in [6, 6.07) is 3.06. The highest BCUT2D eigenvalue weighted by molar-refractivity contribution is 7.08. The van der Waals surface area contributed by atoms with Crippen molar-refractivity contribution in [2.24, 2.45) is 11.8 Å². The summed E-state index contributed by atoms with van der Waals surface area (Å²) >= 11 is 7.17. The molecule has 0 bridgehead atoms. The first-order valence-electron chi connectivity index (χ1n) is 19.6. The molecule has 1 unspecified atom stereocenters. The van der Waals surface area contributed by atoms with Gasteiger partial charge in [-0.2, -0.15) is 13.2 Å². The summed E-state index contributed by atoms with van der Waals surface area (Å²) in [5.41, 5.74) is 6.57. The fourth-order valence-electron chi connectivity index (χ4n) is 7.16. The summed E-state index contributed by atoms with van der Waals surface area (Å²) in [5, 5.41) is 6.96. The van der Waals surface area contributed by atoms with Crippen LogP contribution < -0.4 is 11.1 Å². The highest BCUT2D eigenvalue weighted by Crippen LogP contribution is 2.37. The van der Waals surface area contributed by atoms with Gasteiger partial charge in [0.1, 0.15) is 6.29 Å². The Labute approximate surface area is 328 Å². The van der Waals surface area contributed by atoms with Gasteiger partial charge >= 0.3 is 6.18 Å². The van der Waals surface area contributed by atoms with Crippen molar-refractivity contribution in [2.75, 3.05) is 64.4 Å². The second kappa shape index (κ2) is 27.4. The van der Waals surface area contributed by atoms with Crippen LogP contribution in [-0.2, 0) is 22.2 Å². The number of amides is 1. The van der Waals surface area contributed by atoms with Crippen LogP contribution in [-0.4, -0.2) is 86.8 Å². The molecule has 3 N–H and O–H groups in total. The lowest BCUT2D eigenvalue weighted by Gasteiger charge is -2.37. The highest BCUT2D eigenvalue weighted by atomic mass is 35.5. The SMILES string of the molecule is CC=O.CCC.CCCC(CCCCCN1CCC(N(C)CCc2cscc2NC=O)CC1)C1CCN(C)CC1.Cc1cc(Cl)c(N)c(C(F)(F)F)c1. The second-order valence-electron chi connectivity index (χ2n) is 14.6. The summed E-state index contributed by atoms with van der Waals surface area (Å²) in [7, 11) is 4.55. The van der Waals surface area contributed by atoms with Crippen LogP contribution in [0.15, 0.2) is 22.9 Å². The fraction of sp³-hybridized carbons (Fsp3) is 0.707. The van der Waals surface area contributed by atoms with Gasteiger partial charge in [-0.25, -0.2) is 0 Å². The number of likely N-dealkylation sites (N-methyl/N-ethyl adjacent to an activating group) is 1. The first kappa shape index (κ1) is 48.8. The number of likely N-dealkylation sites (tertiary alicyclic amines) is 2. The van der Waals surface area contributed by atoms with Gasteiger partial charge in [-0.3, -0.25) is 4.79 Å². The minimum absolute atomic E-state index is 0.0627. The molecule has 1 aromatic heterocycles. The van der Waals surface area contributed by atoms with Gasteiger partial charge in [0, 0.05) is 18.0 Å². The van der Waals surface area contributed by atoms with Gasteiger partial charge in [0.05, 0.1) is 22.0 Å². The summed E-state index contributed by atoms with van der Waals surface area (Å²) in [4.78, 5) is 27.3. The molecular formula is C41H69ClF3N5O2S. The molecule has 2 aliphatic rings. The van der Waals surface area contributed by atoms with E-state index < -0.39 is 17.4 Å². The van der Waals surface area contributed by atoms with Crippen molar-refractivity contribution in [3.05, 3.63) is 44.6 Å². The average molecular weight is 789 g/mol. The summed E-state index contributed by atoms with van der Waals surface area (Å²) in [5.74, 6) is 1.96. The van der Waals surface area contributed by atoms with Crippen molar-refractivity contribution in [3.8, 4) is 0 Å². The van der Waals surface area contributed by atoms with E-state index in [-0.39, 0.29) is 5.02 Å². The first-order chi connectivity index (χ1) is 25.2. The van der Waals surface area contributed by atoms with E-state index in [0.29, 0.717) is 11.6 Å². The molecule has 4 rings (SSSR count). The third-order valence-corrected chi connectivity index (χ3v) is 11.2. The van der Waals surface area contributed by atoms with Crippen molar-refractivity contribution in [1.29, 1.82) is 0 Å². The van der Waals surface area contributed by atoms with Crippen molar-refractivity contribution < 1.29 is 22.8 Å². The molecule has 304 valence electrons. The molecule has 0 saturated carbocycles. The summed E-state index contributed by atoms with van der Waals surface area (Å²) in [6.07, 6.45) is 13.2. The summed E-state index contributed by atoms with van der Waals surface area (Å²) < 4.78 is 36.8. The third kappa shape index (κ3) is 19.3. The Bertz CT molecular complexity index is 1260. The minimum atomic E-state index is -4.44. The number of hydrogen-bond donors (Lipinski definition) is 2. The Morgan fingerprint density at radius 3 is 2.21 bits per heavy atom. The second-order valence-corrected chi connectivity index (χ2v) is 15.7. The number of nitrogens with two attached hydrogens (primary N) is 1. The number of halogens is 4. The Hall–Kier alpha value is -2.18. The fourth-order valence-corrected chi connectivity index (χ4v) is 8.27. The lowest BCUT2D eigenvalue weighted by Crippen LogP contribution is -2.44. The number of nitrogens with zero attached hydrogens (tertiary/aromatic N) is 3. The third-order valence-electron chi connectivity index (χ3n) is 10.1. The number of aryl methyl sites for hydroxylation is 1. The van der Waals surface area contributed by atoms with E-state index >= 15 is 0 Å². The number of anilines is 2. The van der Waals surface area contributed by atoms with Crippen LogP contribution >= 0.6 is 22.9 Å². The number of hydrogen-bond acceptors (Lipinski definition) is 7. The van der Waals surface area contributed by atoms with Crippen LogP contribution in [0.4, 0.5) is 24.5 Å². The molecule has 3 heterocycles. The maximum Gasteiger partial charge on any atom is 0.418 e. The van der Waals surface area contributed by atoms with E-state index in [1.807, 2.05) is 5.38 Å². The molecule has 0 aliphatic carbocycles. The average Bonchev–Trinajstić information content (AvgIpc) is 3.56. The van der Waals surface area contributed by atoms with Crippen LogP contribution in [0.5, 0.6) is 0 Å². The van der Waals surface area contributed by atoms with Crippen molar-refractivity contribution in [1.82, 2.24) is 14.7 Å². The number of benzene rings is 1. The van der Waals surface area contributed by atoms with Gasteiger partial charge in [0.25, 0.3) is 0 Å². The van der Waals surface area contributed by atoms with Crippen molar-refractivity contribution >= 4 is 47.0 Å². The van der Waals surface area contributed by atoms with Gasteiger partial charge in [0.2, 0.25) is 6.41 Å². The monoisotopic (exact) mass is 787 g/mol. The molecule has 12 heteroatoms. The lowest BCUT2D eigenvalue weighted by molar-refractivity contribution is -0.137. The van der Waals surface area contributed by atoms with Crippen LogP contribution in [0.3, 0.4) is 0 Å². The largest absolute Gasteiger partial charge is 0.418 e. The minimum Gasteiger partial charge on any atom is -0.397 e. The number of rotatable bonds is 15. The van der Waals surface area contributed by atoms with Crippen molar-refractivity contribution in [3.63, 3.8) is 0 Å². The van der Waals surface area contributed by atoms with Gasteiger partial charge < -0.3 is 30.5 Å². The van der Waals surface area contributed by atoms with Gasteiger partial charge in [0.15, 0.2) is 0 Å². The number of unbranched alkanes of at least 4 members (excludes halogenated alkanes) is 2. The molecule has 2 aromatic rings. The maximum atomic E-state index is 12.3. The number of piperidine rings is 2. The zero-order valence-electron chi connectivity index (χ0n) is 33.6. The predicted molar refractivity (Wildman–Crippen MR) is 220 cm³/mol. The van der Waals surface area contributed by atoms with Crippen LogP contribution in [0, 0.1) is 18.8 Å². The molecule has 1 atom stereocenters. The number of carbonyl (C=O) groups is 2. The normalized spacial score (nSPS) is 16.4. The van der Waals surface area contributed by atoms with Gasteiger partial charge in [-0.1, -0.05) is 70.9 Å². The quantitative estimate of drug-likeness (QED) is 0.106. The van der Waals surface area contributed by atoms with Crippen LogP contribution in [0.2, 0.25) is 5.02 Å². The molecule has 7 nitrogen and oxygen atoms in total. The zero-order valence-corrected chi connectivity index (χ0v) is 35.2. The van der Waals surface area contributed by atoms with Gasteiger partial charge in [-0.05, 0) is 140 Å². The number of nitrogen functional groups attached to an aromatic ring is 1. The highest BCUT2D eigenvalue weighted by Gasteiger charge is 2.34. The topological polar surface area (TPSA) is 81.9 Å². The number of carbonyl (C=O) groups excluding carboxylic acids is 2. The Morgan fingerprint density at radius 2 is 1.64 bits per heavy atom. The molecule has 2 aliphatic heterocycles.